The Bertz CT molecular complexity index is 418. The summed E-state index contributed by atoms with van der Waals surface area (Å²) in [6.07, 6.45) is -0.497. The number of hydrogen-bond donors (Lipinski definition) is 2. The summed E-state index contributed by atoms with van der Waals surface area (Å²) in [7, 11) is 0. The first kappa shape index (κ1) is 14.5. The molecule has 98 valence electrons. The molecule has 18 heavy (non-hydrogen) atoms. The van der Waals surface area contributed by atoms with E-state index in [2.05, 4.69) is 26.6 Å². The molecule has 0 radical (unpaired) electrons. The maximum absolute atomic E-state index is 11.4. The highest BCUT2D eigenvalue weighted by molar-refractivity contribution is 9.10. The van der Waals surface area contributed by atoms with Gasteiger partial charge in [-0.2, -0.15) is 0 Å². The van der Waals surface area contributed by atoms with Gasteiger partial charge in [0.25, 0.3) is 0 Å². The normalized spacial score (nSPS) is 11.5. The van der Waals surface area contributed by atoms with Crippen LogP contribution in [0.15, 0.2) is 24.3 Å². The molecule has 1 aromatic carbocycles. The second-order valence-corrected chi connectivity index (χ2v) is 4.90. The minimum atomic E-state index is -0.497. The fourth-order valence-electron chi connectivity index (χ4n) is 1.16. The van der Waals surface area contributed by atoms with Crippen molar-refractivity contribution < 1.29 is 14.3 Å². The van der Waals surface area contributed by atoms with Crippen molar-refractivity contribution in [1.29, 1.82) is 0 Å². The number of carbonyl (C=O) groups excluding carboxylic acids is 2. The number of nitrogens with one attached hydrogen (secondary N) is 2. The molecule has 0 aliphatic carbocycles. The molecule has 0 aliphatic rings. The maximum atomic E-state index is 11.4. The van der Waals surface area contributed by atoms with Gasteiger partial charge in [-0.1, -0.05) is 15.9 Å². The molecule has 0 bridgehead atoms. The number of ether oxygens (including phenoxy) is 1. The van der Waals surface area contributed by atoms with Crippen LogP contribution in [0.5, 0.6) is 0 Å². The lowest BCUT2D eigenvalue weighted by atomic mass is 10.2. The highest BCUT2D eigenvalue weighted by Crippen LogP contribution is 2.14. The fraction of sp³-hybridized carbons (Fsp3) is 0.333. The maximum Gasteiger partial charge on any atom is 0.411 e. The zero-order valence-corrected chi connectivity index (χ0v) is 11.8. The van der Waals surface area contributed by atoms with Gasteiger partial charge < -0.3 is 10.1 Å². The zero-order valence-electron chi connectivity index (χ0n) is 10.2. The van der Waals surface area contributed by atoms with Gasteiger partial charge in [-0.25, -0.2) is 4.79 Å². The fourth-order valence-corrected chi connectivity index (χ4v) is 1.28. The predicted octanol–water partition coefficient (Wildman–Crippen LogP) is 2.98. The first-order valence-corrected chi connectivity index (χ1v) is 6.43. The topological polar surface area (TPSA) is 67.4 Å². The average Bonchev–Trinajstić information content (AvgIpc) is 2.31. The monoisotopic (exact) mass is 314 g/mol. The number of anilines is 2. The van der Waals surface area contributed by atoms with Crippen LogP contribution in [0, 0.1) is 0 Å². The van der Waals surface area contributed by atoms with Crippen LogP contribution in [-0.2, 0) is 9.53 Å². The summed E-state index contributed by atoms with van der Waals surface area (Å²) in [6, 6.07) is 6.78. The van der Waals surface area contributed by atoms with Gasteiger partial charge in [0.1, 0.15) is 0 Å². The van der Waals surface area contributed by atoms with Crippen molar-refractivity contribution in [2.24, 2.45) is 0 Å². The lowest BCUT2D eigenvalue weighted by Gasteiger charge is -2.08. The van der Waals surface area contributed by atoms with Gasteiger partial charge >= 0.3 is 6.09 Å². The molecular formula is C12H15BrN2O3. The predicted molar refractivity (Wildman–Crippen MR) is 74.1 cm³/mol. The van der Waals surface area contributed by atoms with Crippen LogP contribution in [0.25, 0.3) is 0 Å². The van der Waals surface area contributed by atoms with Crippen LogP contribution < -0.4 is 10.6 Å². The molecule has 2 amide bonds. The van der Waals surface area contributed by atoms with Crippen LogP contribution in [0.3, 0.4) is 0 Å². The molecule has 5 nitrogen and oxygen atoms in total. The van der Waals surface area contributed by atoms with Crippen LogP contribution in [0.4, 0.5) is 16.2 Å². The molecule has 0 fully saturated rings. The van der Waals surface area contributed by atoms with E-state index in [0.717, 1.165) is 0 Å². The molecule has 1 unspecified atom stereocenters. The van der Waals surface area contributed by atoms with Gasteiger partial charge in [-0.15, -0.1) is 0 Å². The lowest BCUT2D eigenvalue weighted by Crippen LogP contribution is -2.19. The van der Waals surface area contributed by atoms with Crippen LogP contribution >= 0.6 is 15.9 Å². The third-order valence-corrected chi connectivity index (χ3v) is 2.45. The van der Waals surface area contributed by atoms with Crippen molar-refractivity contribution in [1.82, 2.24) is 0 Å². The smallest absolute Gasteiger partial charge is 0.411 e. The zero-order chi connectivity index (χ0) is 13.5. The molecular weight excluding hydrogens is 300 g/mol. The Labute approximate surface area is 114 Å². The summed E-state index contributed by atoms with van der Waals surface area (Å²) >= 11 is 3.18. The van der Waals surface area contributed by atoms with Crippen molar-refractivity contribution in [3.8, 4) is 0 Å². The van der Waals surface area contributed by atoms with Gasteiger partial charge in [-0.3, -0.25) is 10.1 Å². The van der Waals surface area contributed by atoms with E-state index in [1.165, 1.54) is 0 Å². The summed E-state index contributed by atoms with van der Waals surface area (Å²) in [5.41, 5.74) is 1.28. The van der Waals surface area contributed by atoms with Gasteiger partial charge in [0.2, 0.25) is 5.91 Å². The van der Waals surface area contributed by atoms with Gasteiger partial charge in [0.05, 0.1) is 11.4 Å². The molecule has 1 rings (SSSR count). The first-order chi connectivity index (χ1) is 8.52. The van der Waals surface area contributed by atoms with Crippen LogP contribution in [-0.4, -0.2) is 23.4 Å². The van der Waals surface area contributed by atoms with Crippen molar-refractivity contribution in [2.45, 2.75) is 18.7 Å². The molecule has 6 heteroatoms. The number of benzene rings is 1. The van der Waals surface area contributed by atoms with E-state index in [9.17, 15) is 9.59 Å². The Hall–Kier alpha value is -1.56. The first-order valence-electron chi connectivity index (χ1n) is 5.51. The standard InChI is InChI=1S/C12H15BrN2O3/c1-3-18-12(17)15-10-6-4-9(5-7-10)14-11(16)8(2)13/h4-8H,3H2,1-2H3,(H,14,16)(H,15,17). The second kappa shape index (κ2) is 7.00. The Balaban J connectivity index is 2.57. The number of rotatable bonds is 4. The molecule has 1 atom stereocenters. The van der Waals surface area contributed by atoms with Crippen LogP contribution in [0.2, 0.25) is 0 Å². The molecule has 0 aromatic heterocycles. The van der Waals surface area contributed by atoms with Crippen molar-refractivity contribution in [2.75, 3.05) is 17.2 Å². The van der Waals surface area contributed by atoms with Gasteiger partial charge in [-0.05, 0) is 38.1 Å². The molecule has 0 heterocycles. The summed E-state index contributed by atoms with van der Waals surface area (Å²) in [5.74, 6) is -0.124. The summed E-state index contributed by atoms with van der Waals surface area (Å²) in [4.78, 5) is 22.3. The molecule has 2 N–H and O–H groups in total. The largest absolute Gasteiger partial charge is 0.450 e. The van der Waals surface area contributed by atoms with E-state index in [4.69, 9.17) is 4.74 Å². The summed E-state index contributed by atoms with van der Waals surface area (Å²) in [5, 5.41) is 5.28. The van der Waals surface area contributed by atoms with Crippen molar-refractivity contribution >= 4 is 39.3 Å². The third kappa shape index (κ3) is 4.75. The number of alkyl halides is 1. The highest BCUT2D eigenvalue weighted by atomic mass is 79.9. The number of amides is 2. The number of carbonyl (C=O) groups is 2. The Morgan fingerprint density at radius 1 is 1.22 bits per heavy atom. The molecule has 0 spiro atoms. The Kier molecular flexibility index (Phi) is 5.64. The minimum Gasteiger partial charge on any atom is -0.450 e. The molecule has 0 saturated heterocycles. The van der Waals surface area contributed by atoms with E-state index in [0.29, 0.717) is 18.0 Å². The summed E-state index contributed by atoms with van der Waals surface area (Å²) < 4.78 is 4.75. The second-order valence-electron chi connectivity index (χ2n) is 3.53. The third-order valence-electron chi connectivity index (χ3n) is 2.04. The number of hydrogen-bond acceptors (Lipinski definition) is 3. The van der Waals surface area contributed by atoms with E-state index in [-0.39, 0.29) is 10.7 Å². The van der Waals surface area contributed by atoms with Crippen LogP contribution in [0.1, 0.15) is 13.8 Å². The Morgan fingerprint density at radius 3 is 2.17 bits per heavy atom. The number of halogens is 1. The van der Waals surface area contributed by atoms with E-state index >= 15 is 0 Å². The van der Waals surface area contributed by atoms with E-state index in [1.54, 1.807) is 38.1 Å². The molecule has 0 saturated carbocycles. The van der Waals surface area contributed by atoms with Crippen molar-refractivity contribution in [3.63, 3.8) is 0 Å². The average molecular weight is 315 g/mol. The minimum absolute atomic E-state index is 0.124. The summed E-state index contributed by atoms with van der Waals surface area (Å²) in [6.45, 7) is 3.80. The van der Waals surface area contributed by atoms with Gasteiger partial charge in [0.15, 0.2) is 0 Å². The highest BCUT2D eigenvalue weighted by Gasteiger charge is 2.08. The van der Waals surface area contributed by atoms with Crippen molar-refractivity contribution in [3.05, 3.63) is 24.3 Å². The van der Waals surface area contributed by atoms with Gasteiger partial charge in [0, 0.05) is 11.4 Å². The van der Waals surface area contributed by atoms with E-state index < -0.39 is 6.09 Å². The molecule has 0 aliphatic heterocycles. The lowest BCUT2D eigenvalue weighted by molar-refractivity contribution is -0.115. The SMILES string of the molecule is CCOC(=O)Nc1ccc(NC(=O)C(C)Br)cc1. The van der Waals surface area contributed by atoms with E-state index in [1.807, 2.05) is 0 Å². The quantitative estimate of drug-likeness (QED) is 0.839. The molecule has 1 aromatic rings. The Morgan fingerprint density at radius 2 is 1.72 bits per heavy atom.